The molecule has 674 valence electrons. The molecule has 0 aliphatic carbocycles. The third-order valence-corrected chi connectivity index (χ3v) is 15.8. The Kier molecular flexibility index (Phi) is 48.9. The molecule has 0 spiro atoms. The Bertz CT molecular complexity index is 4800. The van der Waals surface area contributed by atoms with Gasteiger partial charge in [-0.05, 0) is 208 Å². The van der Waals surface area contributed by atoms with Crippen LogP contribution >= 0.6 is 15.9 Å². The number of phenolic OH excluding ortho intramolecular Hbond substituents is 2. The van der Waals surface area contributed by atoms with E-state index in [-0.39, 0.29) is 62.9 Å². The van der Waals surface area contributed by atoms with E-state index in [0.29, 0.717) is 109 Å². The van der Waals surface area contributed by atoms with Crippen molar-refractivity contribution >= 4 is 75.4 Å². The lowest BCUT2D eigenvalue weighted by Gasteiger charge is -2.19. The van der Waals surface area contributed by atoms with E-state index in [0.717, 1.165) is 11.8 Å². The fourth-order valence-electron chi connectivity index (χ4n) is 9.82. The van der Waals surface area contributed by atoms with Crippen LogP contribution < -0.4 is 58.8 Å². The molecule has 8 aromatic carbocycles. The van der Waals surface area contributed by atoms with Gasteiger partial charge in [-0.25, -0.2) is 27.2 Å². The van der Waals surface area contributed by atoms with Gasteiger partial charge in [-0.2, -0.15) is 0 Å². The van der Waals surface area contributed by atoms with Crippen LogP contribution in [0.1, 0.15) is 144 Å². The number of halogens is 5. The van der Waals surface area contributed by atoms with Crippen LogP contribution in [0.5, 0.6) is 69.0 Å². The zero-order chi connectivity index (χ0) is 93.3. The molecule has 8 rings (SSSR count). The Morgan fingerprint density at radius 3 is 1.08 bits per heavy atom. The van der Waals surface area contributed by atoms with Gasteiger partial charge in [-0.15, -0.1) is 0 Å². The standard InChI is InChI=1S/C23H27FO6.C23H25FO6.C17H15FO4.C9H10O3.C8H7FO2.C6H11BrO2.C6H16N2O2/c2*1-23(2,3)30-21(26)14-29-19-8-6-7-16(22(19)24)17(25)11-9-15-10-12-18(27-4)20(13-15)28-5;1-21-15-9-7-11(10-16(15)22-2)6-8-13(19)12-4-3-5-14(20)17(12)18;1-11-8-4-3-7(6-10)5-9(8)12-2;1-5(10)6-3-2-4-7(11)8(6)9;1-6(2,3)9-5(8)4-7;7-1-3-9-5-6-10-4-2-8/h6-8,10,12-13H,9,11,14H2,1-5H3;6-13H,14H2,1-5H3;3-10,20H,1-2H3;3-6H,1-2H3;2-4,11H,1H3;4H2,1-3H3;1-8H2/b;11-9+;8-6+;;;;. The van der Waals surface area contributed by atoms with E-state index in [1.54, 1.807) is 122 Å². The maximum absolute atomic E-state index is 14.7. The molecule has 0 atom stereocenters. The smallest absolute Gasteiger partial charge is 0.344 e. The number of hydrogen-bond donors (Lipinski definition) is 4. The van der Waals surface area contributed by atoms with Crippen LogP contribution in [0.4, 0.5) is 17.6 Å². The van der Waals surface area contributed by atoms with Crippen LogP contribution in [0.2, 0.25) is 0 Å². The molecule has 0 saturated heterocycles. The van der Waals surface area contributed by atoms with Crippen molar-refractivity contribution in [3.63, 3.8) is 0 Å². The van der Waals surface area contributed by atoms with Crippen molar-refractivity contribution in [1.29, 1.82) is 0 Å². The first kappa shape index (κ1) is 108. The average Bonchev–Trinajstić information content (AvgIpc) is 0.840. The summed E-state index contributed by atoms with van der Waals surface area (Å²) in [7, 11) is 12.2. The maximum Gasteiger partial charge on any atom is 0.344 e. The molecule has 0 aliphatic heterocycles. The zero-order valence-corrected chi connectivity index (χ0v) is 74.4. The highest BCUT2D eigenvalue weighted by Gasteiger charge is 2.23. The number of aryl methyl sites for hydroxylation is 1. The predicted molar refractivity (Wildman–Crippen MR) is 464 cm³/mol. The Labute approximate surface area is 728 Å². The number of aldehydes is 1. The number of methoxy groups -OCH3 is 8. The zero-order valence-electron chi connectivity index (χ0n) is 72.8. The number of nitrogens with two attached hydrogens (primary N) is 2. The topological polar surface area (TPSA) is 368 Å². The van der Waals surface area contributed by atoms with E-state index in [2.05, 4.69) is 15.9 Å². The summed E-state index contributed by atoms with van der Waals surface area (Å²) < 4.78 is 133. The summed E-state index contributed by atoms with van der Waals surface area (Å²) in [6.07, 6.45) is 6.83. The SMILES string of the molecule is CC(=O)c1cccc(O)c1F.CC(C)(C)OC(=O)CBr.COc1ccc(/C=C/C(=O)c2cccc(O)c2F)cc1OC.COc1ccc(/C=C/C(=O)c2cccc(OCC(=O)OC(C)(C)C)c2F)cc1OC.COc1ccc(C=O)cc1OC.COc1ccc(CCC(=O)c2cccc(OCC(=O)OC(C)(C)C)c2F)cc1OC.NCCOCCOCCN. The number of carbonyl (C=O) groups excluding carboxylic acids is 8. The number of hydrogen-bond acceptors (Lipinski definition) is 27. The molecule has 0 aliphatic rings. The molecule has 0 radical (unpaired) electrons. The molecule has 6 N–H and O–H groups in total. The van der Waals surface area contributed by atoms with Gasteiger partial charge < -0.3 is 92.7 Å². The van der Waals surface area contributed by atoms with Crippen molar-refractivity contribution in [2.45, 2.75) is 98.9 Å². The Morgan fingerprint density at radius 2 is 0.726 bits per heavy atom. The number of ketones is 4. The van der Waals surface area contributed by atoms with Crippen LogP contribution in [-0.4, -0.2) is 189 Å². The Balaban J connectivity index is 0.000000516. The third-order valence-electron chi connectivity index (χ3n) is 15.4. The molecule has 124 heavy (non-hydrogen) atoms. The number of esters is 3. The molecule has 27 nitrogen and oxygen atoms in total. The van der Waals surface area contributed by atoms with E-state index in [1.165, 1.54) is 147 Å². The molecule has 0 bridgehead atoms. The molecule has 0 amide bonds. The monoisotopic (exact) mass is 1800 g/mol. The van der Waals surface area contributed by atoms with E-state index in [4.69, 9.17) is 87.6 Å². The van der Waals surface area contributed by atoms with E-state index in [9.17, 15) is 61.0 Å². The predicted octanol–water partition coefficient (Wildman–Crippen LogP) is 16.2. The number of aromatic hydroxyl groups is 2. The minimum Gasteiger partial charge on any atom is -0.505 e. The highest BCUT2D eigenvalue weighted by molar-refractivity contribution is 9.09. The van der Waals surface area contributed by atoms with Gasteiger partial charge in [0.1, 0.15) is 28.4 Å². The van der Waals surface area contributed by atoms with Crippen LogP contribution in [0, 0.1) is 23.3 Å². The van der Waals surface area contributed by atoms with Crippen molar-refractivity contribution in [2.24, 2.45) is 11.5 Å². The molecule has 0 aromatic heterocycles. The highest BCUT2D eigenvalue weighted by Crippen LogP contribution is 2.33. The fraction of sp³-hybridized carbons (Fsp3) is 0.348. The minimum absolute atomic E-state index is 0.0787. The largest absolute Gasteiger partial charge is 0.505 e. The summed E-state index contributed by atoms with van der Waals surface area (Å²) in [5.41, 5.74) is 11.0. The molecule has 0 fully saturated rings. The number of alkyl halides is 1. The molecule has 0 heterocycles. The molecule has 0 saturated carbocycles. The molecule has 0 unspecified atom stereocenters. The van der Waals surface area contributed by atoms with Gasteiger partial charge in [-0.1, -0.05) is 70.5 Å². The first-order valence-corrected chi connectivity index (χ1v) is 39.1. The average molecular weight is 1800 g/mol. The van der Waals surface area contributed by atoms with E-state index in [1.807, 2.05) is 26.8 Å². The lowest BCUT2D eigenvalue weighted by atomic mass is 10.0. The molecule has 32 heteroatoms. The Morgan fingerprint density at radius 1 is 0.395 bits per heavy atom. The summed E-state index contributed by atoms with van der Waals surface area (Å²) in [4.78, 5) is 92.1. The second-order valence-corrected chi connectivity index (χ2v) is 28.9. The van der Waals surface area contributed by atoms with Crippen LogP contribution in [0.25, 0.3) is 12.2 Å². The molecular weight excluding hydrogens is 1690 g/mol. The first-order chi connectivity index (χ1) is 58.6. The number of benzene rings is 8. The van der Waals surface area contributed by atoms with Crippen LogP contribution in [0.3, 0.4) is 0 Å². The molecule has 8 aromatic rings. The second kappa shape index (κ2) is 56.3. The lowest BCUT2D eigenvalue weighted by molar-refractivity contribution is -0.158. The van der Waals surface area contributed by atoms with Crippen molar-refractivity contribution in [3.8, 4) is 69.0 Å². The van der Waals surface area contributed by atoms with Crippen LogP contribution in [-0.2, 0) is 44.5 Å². The minimum atomic E-state index is -0.926. The van der Waals surface area contributed by atoms with Gasteiger partial charge in [0.25, 0.3) is 0 Å². The number of rotatable bonds is 34. The summed E-state index contributed by atoms with van der Waals surface area (Å²) in [5.74, 6) is -3.62. The second-order valence-electron chi connectivity index (χ2n) is 28.3. The summed E-state index contributed by atoms with van der Waals surface area (Å²) in [5, 5.41) is 18.4. The van der Waals surface area contributed by atoms with Gasteiger partial charge >= 0.3 is 17.9 Å². The number of Topliss-reactive ketones (excluding diaryl/α,β-unsaturated/α-hetero) is 2. The van der Waals surface area contributed by atoms with Gasteiger partial charge in [0, 0.05) is 25.1 Å². The highest BCUT2D eigenvalue weighted by atomic mass is 79.9. The first-order valence-electron chi connectivity index (χ1n) is 38.0. The van der Waals surface area contributed by atoms with Gasteiger partial charge in [0.05, 0.1) is 106 Å². The lowest BCUT2D eigenvalue weighted by Crippen LogP contribution is -2.27. The van der Waals surface area contributed by atoms with Gasteiger partial charge in [0.15, 0.2) is 129 Å². The van der Waals surface area contributed by atoms with Gasteiger partial charge in [-0.3, -0.25) is 28.8 Å². The fourth-order valence-corrected chi connectivity index (χ4v) is 9.93. The maximum atomic E-state index is 14.7. The van der Waals surface area contributed by atoms with Gasteiger partial charge in [0.2, 0.25) is 0 Å². The summed E-state index contributed by atoms with van der Waals surface area (Å²) in [6, 6.07) is 36.9. The van der Waals surface area contributed by atoms with E-state index >= 15 is 0 Å². The molecular formula is C92H111BrF4N2O25. The Hall–Kier alpha value is -12.4. The van der Waals surface area contributed by atoms with Crippen molar-refractivity contribution < 1.29 is 137 Å². The number of ether oxygens (including phenoxy) is 15. The summed E-state index contributed by atoms with van der Waals surface area (Å²) in [6.45, 7) is 19.7. The van der Waals surface area contributed by atoms with Crippen molar-refractivity contribution in [1.82, 2.24) is 0 Å². The quantitative estimate of drug-likeness (QED) is 0.00425. The number of carbonyl (C=O) groups is 8. The van der Waals surface area contributed by atoms with E-state index < -0.39 is 88.5 Å². The summed E-state index contributed by atoms with van der Waals surface area (Å²) >= 11 is 2.99. The normalized spacial score (nSPS) is 10.7. The van der Waals surface area contributed by atoms with Crippen LogP contribution in [0.15, 0.2) is 158 Å². The van der Waals surface area contributed by atoms with Crippen molar-refractivity contribution in [2.75, 3.05) is 115 Å². The van der Waals surface area contributed by atoms with Crippen molar-refractivity contribution in [3.05, 3.63) is 226 Å². The number of phenols is 2. The number of allylic oxidation sites excluding steroid dienone is 2. The third kappa shape index (κ3) is 40.6.